The molecule has 18 heavy (non-hydrogen) atoms. The molecule has 96 valence electrons. The van der Waals surface area contributed by atoms with E-state index in [4.69, 9.17) is 10.5 Å². The van der Waals surface area contributed by atoms with Crippen molar-refractivity contribution in [1.82, 2.24) is 0 Å². The van der Waals surface area contributed by atoms with Crippen LogP contribution in [0, 0.1) is 5.92 Å². The van der Waals surface area contributed by atoms with E-state index in [2.05, 4.69) is 38.1 Å². The molecule has 0 aliphatic carbocycles. The van der Waals surface area contributed by atoms with E-state index in [0.29, 0.717) is 12.5 Å². The van der Waals surface area contributed by atoms with Gasteiger partial charge in [0, 0.05) is 17.0 Å². The highest BCUT2D eigenvalue weighted by Crippen LogP contribution is 2.33. The van der Waals surface area contributed by atoms with Crippen LogP contribution in [0.25, 0.3) is 10.8 Å². The van der Waals surface area contributed by atoms with Gasteiger partial charge in [0.15, 0.2) is 0 Å². The van der Waals surface area contributed by atoms with Crippen molar-refractivity contribution >= 4 is 10.8 Å². The smallest absolute Gasteiger partial charge is 0.131 e. The van der Waals surface area contributed by atoms with Gasteiger partial charge in [0.05, 0.1) is 6.61 Å². The van der Waals surface area contributed by atoms with E-state index in [0.717, 1.165) is 16.7 Å². The van der Waals surface area contributed by atoms with Gasteiger partial charge in [0.1, 0.15) is 5.75 Å². The molecule has 0 fully saturated rings. The number of hydrogen-bond acceptors (Lipinski definition) is 2. The number of nitrogens with two attached hydrogens (primary N) is 1. The van der Waals surface area contributed by atoms with Gasteiger partial charge in [-0.1, -0.05) is 50.2 Å². The average Bonchev–Trinajstić information content (AvgIpc) is 2.35. The Kier molecular flexibility index (Phi) is 3.87. The lowest BCUT2D eigenvalue weighted by Crippen LogP contribution is -2.11. The van der Waals surface area contributed by atoms with Crippen molar-refractivity contribution in [1.29, 1.82) is 0 Å². The van der Waals surface area contributed by atoms with Crippen molar-refractivity contribution in [3.05, 3.63) is 42.0 Å². The molecule has 0 saturated heterocycles. The van der Waals surface area contributed by atoms with Crippen LogP contribution in [0.15, 0.2) is 36.4 Å². The highest BCUT2D eigenvalue weighted by atomic mass is 16.5. The van der Waals surface area contributed by atoms with Crippen LogP contribution in [-0.4, -0.2) is 6.61 Å². The lowest BCUT2D eigenvalue weighted by Gasteiger charge is -2.17. The molecule has 2 rings (SSSR count). The maximum absolute atomic E-state index is 6.03. The Morgan fingerprint density at radius 1 is 1.06 bits per heavy atom. The largest absolute Gasteiger partial charge is 0.492 e. The minimum absolute atomic E-state index is 0.0169. The standard InChI is InChI=1S/C16H21NO/c1-11(2)10-18-16-14(12(3)17)9-8-13-6-4-5-7-15(13)16/h4-9,11-12H,10,17H2,1-3H3. The molecule has 0 aliphatic heterocycles. The Hall–Kier alpha value is -1.54. The Morgan fingerprint density at radius 2 is 1.78 bits per heavy atom. The molecule has 0 aliphatic rings. The molecule has 2 aromatic carbocycles. The van der Waals surface area contributed by atoms with Gasteiger partial charge in [0.25, 0.3) is 0 Å². The maximum Gasteiger partial charge on any atom is 0.131 e. The van der Waals surface area contributed by atoms with E-state index < -0.39 is 0 Å². The van der Waals surface area contributed by atoms with E-state index >= 15 is 0 Å². The third-order valence-corrected chi connectivity index (χ3v) is 2.96. The zero-order valence-electron chi connectivity index (χ0n) is 11.3. The number of benzene rings is 2. The molecule has 2 nitrogen and oxygen atoms in total. The van der Waals surface area contributed by atoms with Crippen LogP contribution in [0.2, 0.25) is 0 Å². The summed E-state index contributed by atoms with van der Waals surface area (Å²) in [6.07, 6.45) is 0. The van der Waals surface area contributed by atoms with Crippen LogP contribution in [0.4, 0.5) is 0 Å². The summed E-state index contributed by atoms with van der Waals surface area (Å²) in [7, 11) is 0. The summed E-state index contributed by atoms with van der Waals surface area (Å²) in [4.78, 5) is 0. The molecular weight excluding hydrogens is 222 g/mol. The number of ether oxygens (including phenoxy) is 1. The highest BCUT2D eigenvalue weighted by Gasteiger charge is 2.12. The van der Waals surface area contributed by atoms with Crippen molar-refractivity contribution in [3.63, 3.8) is 0 Å². The van der Waals surface area contributed by atoms with Crippen LogP contribution in [0.1, 0.15) is 32.4 Å². The number of fused-ring (bicyclic) bond motifs is 1. The van der Waals surface area contributed by atoms with Gasteiger partial charge in [-0.05, 0) is 18.2 Å². The van der Waals surface area contributed by atoms with E-state index in [1.807, 2.05) is 19.1 Å². The average molecular weight is 243 g/mol. The van der Waals surface area contributed by atoms with Gasteiger partial charge in [-0.15, -0.1) is 0 Å². The normalized spacial score (nSPS) is 12.9. The maximum atomic E-state index is 6.03. The molecule has 0 heterocycles. The van der Waals surface area contributed by atoms with Crippen molar-refractivity contribution in [2.45, 2.75) is 26.8 Å². The molecule has 0 spiro atoms. The zero-order valence-corrected chi connectivity index (χ0v) is 11.3. The molecule has 0 radical (unpaired) electrons. The second-order valence-electron chi connectivity index (χ2n) is 5.20. The quantitative estimate of drug-likeness (QED) is 0.884. The second kappa shape index (κ2) is 5.40. The molecule has 0 bridgehead atoms. The van der Waals surface area contributed by atoms with Crippen LogP contribution in [0.3, 0.4) is 0 Å². The van der Waals surface area contributed by atoms with Gasteiger partial charge in [-0.25, -0.2) is 0 Å². The predicted molar refractivity (Wildman–Crippen MR) is 76.9 cm³/mol. The molecule has 0 amide bonds. The first-order chi connectivity index (χ1) is 8.59. The Labute approximate surface area is 109 Å². The summed E-state index contributed by atoms with van der Waals surface area (Å²) in [5.74, 6) is 1.45. The van der Waals surface area contributed by atoms with E-state index in [9.17, 15) is 0 Å². The second-order valence-corrected chi connectivity index (χ2v) is 5.20. The van der Waals surface area contributed by atoms with Crippen LogP contribution in [-0.2, 0) is 0 Å². The van der Waals surface area contributed by atoms with Gasteiger partial charge in [0.2, 0.25) is 0 Å². The summed E-state index contributed by atoms with van der Waals surface area (Å²) in [5.41, 5.74) is 7.11. The molecule has 2 aromatic rings. The lowest BCUT2D eigenvalue weighted by atomic mass is 10.0. The summed E-state index contributed by atoms with van der Waals surface area (Å²) in [6, 6.07) is 12.4. The van der Waals surface area contributed by atoms with Crippen molar-refractivity contribution in [2.75, 3.05) is 6.61 Å². The number of hydrogen-bond donors (Lipinski definition) is 1. The van der Waals surface area contributed by atoms with Gasteiger partial charge in [-0.3, -0.25) is 0 Å². The van der Waals surface area contributed by atoms with Gasteiger partial charge >= 0.3 is 0 Å². The van der Waals surface area contributed by atoms with E-state index in [1.54, 1.807) is 0 Å². The molecular formula is C16H21NO. The predicted octanol–water partition coefficient (Wildman–Crippen LogP) is 3.89. The fraction of sp³-hybridized carbons (Fsp3) is 0.375. The monoisotopic (exact) mass is 243 g/mol. The molecule has 1 unspecified atom stereocenters. The van der Waals surface area contributed by atoms with Crippen molar-refractivity contribution < 1.29 is 4.74 Å². The van der Waals surface area contributed by atoms with Gasteiger partial charge < -0.3 is 10.5 Å². The first kappa shape index (κ1) is 12.9. The topological polar surface area (TPSA) is 35.2 Å². The first-order valence-electron chi connectivity index (χ1n) is 6.49. The summed E-state index contributed by atoms with van der Waals surface area (Å²) in [5, 5.41) is 2.34. The lowest BCUT2D eigenvalue weighted by molar-refractivity contribution is 0.270. The van der Waals surface area contributed by atoms with Crippen molar-refractivity contribution in [3.8, 4) is 5.75 Å². The third kappa shape index (κ3) is 2.65. The van der Waals surface area contributed by atoms with E-state index in [1.165, 1.54) is 5.39 Å². The summed E-state index contributed by atoms with van der Waals surface area (Å²) < 4.78 is 5.99. The third-order valence-electron chi connectivity index (χ3n) is 2.96. The first-order valence-corrected chi connectivity index (χ1v) is 6.49. The van der Waals surface area contributed by atoms with Crippen LogP contribution >= 0.6 is 0 Å². The summed E-state index contributed by atoms with van der Waals surface area (Å²) >= 11 is 0. The Balaban J connectivity index is 2.52. The zero-order chi connectivity index (χ0) is 13.1. The Bertz CT molecular complexity index is 532. The number of rotatable bonds is 4. The van der Waals surface area contributed by atoms with Crippen LogP contribution < -0.4 is 10.5 Å². The van der Waals surface area contributed by atoms with Gasteiger partial charge in [-0.2, -0.15) is 0 Å². The minimum atomic E-state index is -0.0169. The highest BCUT2D eigenvalue weighted by molar-refractivity contribution is 5.89. The SMILES string of the molecule is CC(C)COc1c(C(C)N)ccc2ccccc12. The van der Waals surface area contributed by atoms with Crippen LogP contribution in [0.5, 0.6) is 5.75 Å². The van der Waals surface area contributed by atoms with Crippen molar-refractivity contribution in [2.24, 2.45) is 11.7 Å². The molecule has 1 atom stereocenters. The van der Waals surface area contributed by atoms with E-state index in [-0.39, 0.29) is 6.04 Å². The molecule has 2 heteroatoms. The fourth-order valence-electron chi connectivity index (χ4n) is 2.03. The molecule has 0 aromatic heterocycles. The fourth-order valence-corrected chi connectivity index (χ4v) is 2.03. The Morgan fingerprint density at radius 3 is 2.44 bits per heavy atom. The molecule has 2 N–H and O–H groups in total. The summed E-state index contributed by atoms with van der Waals surface area (Å²) in [6.45, 7) is 7.01. The minimum Gasteiger partial charge on any atom is -0.492 e. The molecule has 0 saturated carbocycles.